The maximum absolute atomic E-state index is 11.1. The predicted octanol–water partition coefficient (Wildman–Crippen LogP) is 3.68. The van der Waals surface area contributed by atoms with Crippen molar-refractivity contribution in [1.29, 1.82) is 0 Å². The number of carbonyl (C=O) groups is 1. The van der Waals surface area contributed by atoms with E-state index in [9.17, 15) is 4.79 Å². The molecule has 3 nitrogen and oxygen atoms in total. The topological polar surface area (TPSA) is 49.3 Å². The average Bonchev–Trinajstić information content (AvgIpc) is 2.11. The highest BCUT2D eigenvalue weighted by atomic mass is 16.4. The molecule has 0 aromatic carbocycles. The van der Waals surface area contributed by atoms with Crippen LogP contribution in [0.4, 0.5) is 0 Å². The Bertz CT molecular complexity index is 316. The zero-order valence-electron chi connectivity index (χ0n) is 13.5. The maximum atomic E-state index is 11.1. The third-order valence-electron chi connectivity index (χ3n) is 4.32. The number of aliphatic carboxylic acids is 1. The Morgan fingerprint density at radius 1 is 1.21 bits per heavy atom. The Morgan fingerprint density at radius 3 is 2.11 bits per heavy atom. The van der Waals surface area contributed by atoms with Gasteiger partial charge in [-0.3, -0.25) is 4.79 Å². The molecule has 1 saturated carbocycles. The molecule has 0 bridgehead atoms. The lowest BCUT2D eigenvalue weighted by Gasteiger charge is -2.45. The molecule has 3 heteroatoms. The first-order chi connectivity index (χ1) is 8.44. The fourth-order valence-electron chi connectivity index (χ4n) is 3.69. The van der Waals surface area contributed by atoms with Gasteiger partial charge in [0.1, 0.15) is 0 Å². The average molecular weight is 269 g/mol. The number of hydrogen-bond acceptors (Lipinski definition) is 2. The Kier molecular flexibility index (Phi) is 4.71. The fraction of sp³-hybridized carbons (Fsp3) is 0.938. The molecule has 0 aliphatic heterocycles. The largest absolute Gasteiger partial charge is 0.481 e. The van der Waals surface area contributed by atoms with Crippen molar-refractivity contribution < 1.29 is 9.90 Å². The highest BCUT2D eigenvalue weighted by molar-refractivity contribution is 5.73. The number of nitrogens with one attached hydrogen (secondary N) is 1. The van der Waals surface area contributed by atoms with Crippen molar-refractivity contribution in [3.8, 4) is 0 Å². The molecule has 0 unspecified atom stereocenters. The molecule has 0 heterocycles. The second-order valence-electron chi connectivity index (χ2n) is 8.50. The summed E-state index contributed by atoms with van der Waals surface area (Å²) >= 11 is 0. The van der Waals surface area contributed by atoms with Crippen LogP contribution in [0.15, 0.2) is 0 Å². The van der Waals surface area contributed by atoms with Gasteiger partial charge in [0.25, 0.3) is 0 Å². The van der Waals surface area contributed by atoms with E-state index in [4.69, 9.17) is 5.11 Å². The van der Waals surface area contributed by atoms with Gasteiger partial charge in [0.2, 0.25) is 0 Å². The van der Waals surface area contributed by atoms with E-state index >= 15 is 0 Å². The summed E-state index contributed by atoms with van der Waals surface area (Å²) in [5, 5.41) is 12.7. The van der Waals surface area contributed by atoms with Crippen LogP contribution in [0.2, 0.25) is 0 Å². The monoisotopic (exact) mass is 269 g/mol. The molecule has 0 amide bonds. The summed E-state index contributed by atoms with van der Waals surface area (Å²) in [6.07, 6.45) is 4.31. The second kappa shape index (κ2) is 5.43. The summed E-state index contributed by atoms with van der Waals surface area (Å²) in [5.74, 6) is -0.710. The van der Waals surface area contributed by atoms with Gasteiger partial charge >= 0.3 is 5.97 Å². The van der Waals surface area contributed by atoms with E-state index in [1.54, 1.807) is 13.8 Å². The number of hydrogen-bond donors (Lipinski definition) is 2. The van der Waals surface area contributed by atoms with Crippen molar-refractivity contribution in [1.82, 2.24) is 5.32 Å². The van der Waals surface area contributed by atoms with Gasteiger partial charge in [-0.25, -0.2) is 0 Å². The van der Waals surface area contributed by atoms with Crippen molar-refractivity contribution in [2.24, 2.45) is 16.2 Å². The predicted molar refractivity (Wildman–Crippen MR) is 79.2 cm³/mol. The number of carboxylic acid groups (broad SMARTS) is 1. The minimum Gasteiger partial charge on any atom is -0.481 e. The first-order valence-corrected chi connectivity index (χ1v) is 7.40. The first kappa shape index (κ1) is 16.5. The minimum absolute atomic E-state index is 0.377. The van der Waals surface area contributed by atoms with Crippen molar-refractivity contribution in [2.75, 3.05) is 6.54 Å². The third kappa shape index (κ3) is 5.13. The molecule has 0 saturated heterocycles. The molecule has 0 radical (unpaired) electrons. The molecule has 0 spiro atoms. The van der Waals surface area contributed by atoms with Crippen LogP contribution < -0.4 is 5.32 Å². The Hall–Kier alpha value is -0.570. The first-order valence-electron chi connectivity index (χ1n) is 7.40. The lowest BCUT2D eigenvalue weighted by molar-refractivity contribution is -0.147. The standard InChI is InChI=1S/C16H31NO2/c1-14(2)9-12(10-15(3,4)11-14)17-8-7-16(5,6)13(18)19/h12,17H,7-11H2,1-6H3,(H,18,19). The molecule has 1 fully saturated rings. The number of carboxylic acids is 1. The van der Waals surface area contributed by atoms with Crippen LogP contribution in [-0.2, 0) is 4.79 Å². The normalized spacial score (nSPS) is 23.3. The van der Waals surface area contributed by atoms with E-state index in [1.165, 1.54) is 19.3 Å². The van der Waals surface area contributed by atoms with Gasteiger partial charge in [0.15, 0.2) is 0 Å². The van der Waals surface area contributed by atoms with Gasteiger partial charge in [0.05, 0.1) is 5.41 Å². The Balaban J connectivity index is 2.47. The Labute approximate surface area is 118 Å². The van der Waals surface area contributed by atoms with Crippen LogP contribution in [0.5, 0.6) is 0 Å². The molecular formula is C16H31NO2. The molecule has 0 aromatic heterocycles. The van der Waals surface area contributed by atoms with E-state index in [1.807, 2.05) is 0 Å². The molecule has 2 N–H and O–H groups in total. The van der Waals surface area contributed by atoms with Gasteiger partial charge in [-0.05, 0) is 56.9 Å². The van der Waals surface area contributed by atoms with Crippen LogP contribution in [0.1, 0.15) is 67.2 Å². The van der Waals surface area contributed by atoms with Crippen molar-refractivity contribution >= 4 is 5.97 Å². The highest BCUT2D eigenvalue weighted by Crippen LogP contribution is 2.45. The van der Waals surface area contributed by atoms with Crippen molar-refractivity contribution in [3.63, 3.8) is 0 Å². The second-order valence-corrected chi connectivity index (χ2v) is 8.50. The molecule has 112 valence electrons. The third-order valence-corrected chi connectivity index (χ3v) is 4.32. The lowest BCUT2D eigenvalue weighted by Crippen LogP contribution is -2.45. The van der Waals surface area contributed by atoms with Gasteiger partial charge in [0, 0.05) is 6.04 Å². The summed E-state index contributed by atoms with van der Waals surface area (Å²) in [6, 6.07) is 0.517. The van der Waals surface area contributed by atoms with E-state index in [-0.39, 0.29) is 0 Å². The summed E-state index contributed by atoms with van der Waals surface area (Å²) in [6.45, 7) is 13.7. The van der Waals surface area contributed by atoms with E-state index < -0.39 is 11.4 Å². The zero-order chi connectivity index (χ0) is 14.9. The molecule has 1 aliphatic rings. The van der Waals surface area contributed by atoms with Crippen LogP contribution in [0, 0.1) is 16.2 Å². The fourth-order valence-corrected chi connectivity index (χ4v) is 3.69. The van der Waals surface area contributed by atoms with E-state index in [2.05, 4.69) is 33.0 Å². The van der Waals surface area contributed by atoms with Crippen molar-refractivity contribution in [2.45, 2.75) is 73.3 Å². The Morgan fingerprint density at radius 2 is 1.68 bits per heavy atom. The maximum Gasteiger partial charge on any atom is 0.309 e. The van der Waals surface area contributed by atoms with Gasteiger partial charge in [-0.2, -0.15) is 0 Å². The molecular weight excluding hydrogens is 238 g/mol. The zero-order valence-corrected chi connectivity index (χ0v) is 13.5. The smallest absolute Gasteiger partial charge is 0.309 e. The summed E-state index contributed by atoms with van der Waals surface area (Å²) in [7, 11) is 0. The number of rotatable bonds is 5. The lowest BCUT2D eigenvalue weighted by atomic mass is 9.63. The van der Waals surface area contributed by atoms with Crippen LogP contribution >= 0.6 is 0 Å². The van der Waals surface area contributed by atoms with Gasteiger partial charge in [-0.15, -0.1) is 0 Å². The summed E-state index contributed by atoms with van der Waals surface area (Å²) in [4.78, 5) is 11.1. The van der Waals surface area contributed by atoms with Crippen LogP contribution in [-0.4, -0.2) is 23.7 Å². The van der Waals surface area contributed by atoms with E-state index in [0.29, 0.717) is 23.3 Å². The SMILES string of the molecule is CC1(C)CC(NCCC(C)(C)C(=O)O)CC(C)(C)C1. The van der Waals surface area contributed by atoms with Gasteiger partial charge < -0.3 is 10.4 Å². The van der Waals surface area contributed by atoms with Crippen LogP contribution in [0.3, 0.4) is 0 Å². The van der Waals surface area contributed by atoms with Crippen LogP contribution in [0.25, 0.3) is 0 Å². The minimum atomic E-state index is -0.710. The molecule has 1 aliphatic carbocycles. The molecule has 0 atom stereocenters. The van der Waals surface area contributed by atoms with Gasteiger partial charge in [-0.1, -0.05) is 27.7 Å². The highest BCUT2D eigenvalue weighted by Gasteiger charge is 2.38. The van der Waals surface area contributed by atoms with E-state index in [0.717, 1.165) is 6.54 Å². The summed E-state index contributed by atoms with van der Waals surface area (Å²) < 4.78 is 0. The molecule has 19 heavy (non-hydrogen) atoms. The quantitative estimate of drug-likeness (QED) is 0.800. The molecule has 1 rings (SSSR count). The van der Waals surface area contributed by atoms with Crippen molar-refractivity contribution in [3.05, 3.63) is 0 Å². The molecule has 0 aromatic rings. The summed E-state index contributed by atoms with van der Waals surface area (Å²) in [5.41, 5.74) is 0.121.